The van der Waals surface area contributed by atoms with Crippen LogP contribution in [0.1, 0.15) is 37.7 Å². The van der Waals surface area contributed by atoms with Crippen LogP contribution in [0.2, 0.25) is 0 Å². The van der Waals surface area contributed by atoms with Crippen LogP contribution in [0, 0.1) is 18.3 Å². The maximum Gasteiger partial charge on any atom is 0.245 e. The molecule has 3 heterocycles. The first-order valence-corrected chi connectivity index (χ1v) is 9.66. The highest BCUT2D eigenvalue weighted by atomic mass is 32.1. The quantitative estimate of drug-likeness (QED) is 0.472. The number of aromatic amines is 1. The van der Waals surface area contributed by atoms with Crippen molar-refractivity contribution in [3.05, 3.63) is 41.2 Å². The van der Waals surface area contributed by atoms with Crippen molar-refractivity contribution in [3.8, 4) is 17.1 Å². The normalized spacial score (nSPS) is 12.1. The molecule has 0 amide bonds. The molecule has 0 fully saturated rings. The summed E-state index contributed by atoms with van der Waals surface area (Å²) in [6.07, 6.45) is 0. The molecular weight excluding hydrogens is 388 g/mol. The topological polar surface area (TPSA) is 128 Å². The second-order valence-corrected chi connectivity index (χ2v) is 8.50. The lowest BCUT2D eigenvalue weighted by molar-refractivity contribution is 0.434. The molecule has 0 aliphatic rings. The Morgan fingerprint density at radius 1 is 1.24 bits per heavy atom. The molecule has 146 valence electrons. The highest BCUT2D eigenvalue weighted by Gasteiger charge is 2.25. The summed E-state index contributed by atoms with van der Waals surface area (Å²) in [5.41, 5.74) is 2.15. The smallest absolute Gasteiger partial charge is 0.245 e. The third kappa shape index (κ3) is 3.25. The molecule has 0 atom stereocenters. The second-order valence-electron chi connectivity index (χ2n) is 7.49. The number of aromatic nitrogens is 5. The summed E-state index contributed by atoms with van der Waals surface area (Å²) in [5, 5.41) is 40.2. The van der Waals surface area contributed by atoms with Crippen LogP contribution in [-0.2, 0) is 5.41 Å². The van der Waals surface area contributed by atoms with Crippen LogP contribution in [-0.4, -0.2) is 30.1 Å². The first-order valence-electron chi connectivity index (χ1n) is 8.85. The van der Waals surface area contributed by atoms with Crippen LogP contribution < -0.4 is 0 Å². The van der Waals surface area contributed by atoms with Gasteiger partial charge in [0, 0.05) is 5.41 Å². The van der Waals surface area contributed by atoms with Gasteiger partial charge in [0.2, 0.25) is 11.0 Å². The van der Waals surface area contributed by atoms with Gasteiger partial charge in [-0.15, -0.1) is 10.2 Å². The van der Waals surface area contributed by atoms with E-state index in [4.69, 9.17) is 0 Å². The van der Waals surface area contributed by atoms with Crippen molar-refractivity contribution < 1.29 is 5.11 Å². The zero-order valence-electron chi connectivity index (χ0n) is 16.3. The summed E-state index contributed by atoms with van der Waals surface area (Å²) < 4.78 is 2.33. The molecule has 0 bridgehead atoms. The predicted molar refractivity (Wildman–Crippen MR) is 109 cm³/mol. The number of thiazole rings is 1. The SMILES string of the molecule is Cc1nn(-c2nc3ccccc3s2)c(O)c1/N=N/c1[nH]nc(C(C)(C)C)c1C#N. The Hall–Kier alpha value is -3.58. The Morgan fingerprint density at radius 2 is 2.00 bits per heavy atom. The monoisotopic (exact) mass is 406 g/mol. The van der Waals surface area contributed by atoms with Crippen molar-refractivity contribution in [3.63, 3.8) is 0 Å². The molecule has 0 radical (unpaired) electrons. The van der Waals surface area contributed by atoms with Gasteiger partial charge in [-0.1, -0.05) is 44.2 Å². The first-order chi connectivity index (χ1) is 13.8. The molecule has 4 rings (SSSR count). The largest absolute Gasteiger partial charge is 0.492 e. The summed E-state index contributed by atoms with van der Waals surface area (Å²) in [5.74, 6) is 0.0725. The summed E-state index contributed by atoms with van der Waals surface area (Å²) in [6, 6.07) is 9.82. The van der Waals surface area contributed by atoms with E-state index in [-0.39, 0.29) is 22.8 Å². The highest BCUT2D eigenvalue weighted by molar-refractivity contribution is 7.20. The standard InChI is InChI=1S/C19H18N8OS/c1-10-14(22-24-16-11(9-20)15(23-25-16)19(2,3)4)17(28)27(26-10)18-21-12-7-5-6-8-13(12)29-18/h5-8,28H,1-4H3,(H,23,25)/b24-22+. The van der Waals surface area contributed by atoms with Crippen LogP contribution in [0.4, 0.5) is 11.5 Å². The molecule has 0 saturated carbocycles. The van der Waals surface area contributed by atoms with E-state index in [1.54, 1.807) is 6.92 Å². The fraction of sp³-hybridized carbons (Fsp3) is 0.263. The number of nitrogens with one attached hydrogen (secondary N) is 1. The molecule has 29 heavy (non-hydrogen) atoms. The third-order valence-electron chi connectivity index (χ3n) is 4.29. The molecule has 0 spiro atoms. The van der Waals surface area contributed by atoms with Crippen molar-refractivity contribution >= 4 is 33.1 Å². The van der Waals surface area contributed by atoms with Crippen molar-refractivity contribution in [2.45, 2.75) is 33.1 Å². The van der Waals surface area contributed by atoms with E-state index in [0.29, 0.717) is 22.1 Å². The lowest BCUT2D eigenvalue weighted by atomic mass is 9.90. The number of nitrogens with zero attached hydrogens (tertiary/aromatic N) is 7. The highest BCUT2D eigenvalue weighted by Crippen LogP contribution is 2.36. The van der Waals surface area contributed by atoms with E-state index in [0.717, 1.165) is 10.2 Å². The third-order valence-corrected chi connectivity index (χ3v) is 5.30. The number of hydrogen-bond acceptors (Lipinski definition) is 8. The number of fused-ring (bicyclic) bond motifs is 1. The molecule has 3 aromatic heterocycles. The van der Waals surface area contributed by atoms with Gasteiger partial charge in [0.05, 0.1) is 21.6 Å². The number of hydrogen-bond donors (Lipinski definition) is 2. The van der Waals surface area contributed by atoms with E-state index < -0.39 is 0 Å². The van der Waals surface area contributed by atoms with E-state index in [9.17, 15) is 10.4 Å². The summed E-state index contributed by atoms with van der Waals surface area (Å²) in [7, 11) is 0. The molecule has 0 aliphatic carbocycles. The number of H-pyrrole nitrogens is 1. The number of azo groups is 1. The second kappa shape index (κ2) is 6.79. The molecule has 1 aromatic carbocycles. The van der Waals surface area contributed by atoms with Crippen molar-refractivity contribution in [1.82, 2.24) is 25.0 Å². The molecule has 2 N–H and O–H groups in total. The Bertz CT molecular complexity index is 1250. The minimum absolute atomic E-state index is 0.167. The van der Waals surface area contributed by atoms with Gasteiger partial charge in [-0.05, 0) is 19.1 Å². The molecule has 0 saturated heterocycles. The molecule has 0 unspecified atom stereocenters. The number of rotatable bonds is 3. The average molecular weight is 406 g/mol. The van der Waals surface area contributed by atoms with Gasteiger partial charge in [-0.25, -0.2) is 4.98 Å². The minimum Gasteiger partial charge on any atom is -0.492 e. The number of para-hydroxylation sites is 1. The van der Waals surface area contributed by atoms with Crippen molar-refractivity contribution in [2.75, 3.05) is 0 Å². The lowest BCUT2D eigenvalue weighted by Gasteiger charge is -2.14. The summed E-state index contributed by atoms with van der Waals surface area (Å²) >= 11 is 1.41. The van der Waals surface area contributed by atoms with Crippen molar-refractivity contribution in [2.24, 2.45) is 10.2 Å². The summed E-state index contributed by atoms with van der Waals surface area (Å²) in [6.45, 7) is 7.60. The van der Waals surface area contributed by atoms with Gasteiger partial charge in [0.15, 0.2) is 11.5 Å². The minimum atomic E-state index is -0.314. The van der Waals surface area contributed by atoms with Gasteiger partial charge >= 0.3 is 0 Å². The number of aromatic hydroxyl groups is 1. The van der Waals surface area contributed by atoms with Gasteiger partial charge in [0.25, 0.3) is 0 Å². The first kappa shape index (κ1) is 18.8. The van der Waals surface area contributed by atoms with Crippen LogP contribution in [0.25, 0.3) is 15.3 Å². The molecular formula is C19H18N8OS. The van der Waals surface area contributed by atoms with Crippen LogP contribution in [0.15, 0.2) is 34.5 Å². The van der Waals surface area contributed by atoms with E-state index >= 15 is 0 Å². The Kier molecular flexibility index (Phi) is 4.39. The van der Waals surface area contributed by atoms with E-state index in [1.165, 1.54) is 16.0 Å². The molecule has 10 heteroatoms. The van der Waals surface area contributed by atoms with Crippen LogP contribution in [0.3, 0.4) is 0 Å². The molecule has 9 nitrogen and oxygen atoms in total. The van der Waals surface area contributed by atoms with E-state index in [1.807, 2.05) is 45.0 Å². The summed E-state index contributed by atoms with van der Waals surface area (Å²) in [4.78, 5) is 4.50. The fourth-order valence-corrected chi connectivity index (χ4v) is 3.78. The number of benzene rings is 1. The zero-order valence-corrected chi connectivity index (χ0v) is 17.1. The maximum absolute atomic E-state index is 10.6. The average Bonchev–Trinajstić information content (AvgIpc) is 3.35. The van der Waals surface area contributed by atoms with Gasteiger partial charge < -0.3 is 5.11 Å². The predicted octanol–water partition coefficient (Wildman–Crippen LogP) is 4.80. The maximum atomic E-state index is 10.6. The van der Waals surface area contributed by atoms with Gasteiger partial charge in [-0.2, -0.15) is 20.1 Å². The van der Waals surface area contributed by atoms with Gasteiger partial charge in [0.1, 0.15) is 11.6 Å². The Balaban J connectivity index is 1.73. The Morgan fingerprint density at radius 3 is 2.69 bits per heavy atom. The number of aryl methyl sites for hydroxylation is 1. The zero-order chi connectivity index (χ0) is 20.8. The van der Waals surface area contributed by atoms with Gasteiger partial charge in [-0.3, -0.25) is 5.10 Å². The van der Waals surface area contributed by atoms with Crippen molar-refractivity contribution in [1.29, 1.82) is 5.26 Å². The molecule has 4 aromatic rings. The fourth-order valence-electron chi connectivity index (χ4n) is 2.86. The Labute approximate surface area is 170 Å². The van der Waals surface area contributed by atoms with E-state index in [2.05, 4.69) is 36.6 Å². The molecule has 0 aliphatic heterocycles. The lowest BCUT2D eigenvalue weighted by Crippen LogP contribution is -2.13. The van der Waals surface area contributed by atoms with Crippen LogP contribution in [0.5, 0.6) is 5.88 Å². The number of nitriles is 1. The van der Waals surface area contributed by atoms with Crippen LogP contribution >= 0.6 is 11.3 Å².